The van der Waals surface area contributed by atoms with Crippen molar-refractivity contribution in [2.24, 2.45) is 0 Å². The summed E-state index contributed by atoms with van der Waals surface area (Å²) in [5, 5.41) is 15.7. The van der Waals surface area contributed by atoms with E-state index in [1.165, 1.54) is 12.3 Å². The van der Waals surface area contributed by atoms with Gasteiger partial charge in [0, 0.05) is 12.3 Å². The predicted molar refractivity (Wildman–Crippen MR) is 72.6 cm³/mol. The zero-order valence-electron chi connectivity index (χ0n) is 11.0. The number of hydrogen-bond donors (Lipinski definition) is 1. The molecular weight excluding hydrogens is 291 g/mol. The second-order valence-electron chi connectivity index (χ2n) is 4.29. The Balaban J connectivity index is 1.77. The summed E-state index contributed by atoms with van der Waals surface area (Å²) in [6.07, 6.45) is 2.53. The molecule has 110 valence electrons. The molecule has 1 N–H and O–H groups in total. The van der Waals surface area contributed by atoms with E-state index in [0.717, 1.165) is 16.6 Å². The van der Waals surface area contributed by atoms with E-state index in [9.17, 15) is 9.18 Å². The molecule has 0 saturated carbocycles. The van der Waals surface area contributed by atoms with E-state index >= 15 is 0 Å². The number of carbonyl (C=O) groups is 1. The maximum atomic E-state index is 13.1. The fraction of sp³-hybridized carbons (Fsp3) is 0. The van der Waals surface area contributed by atoms with Crippen molar-refractivity contribution >= 4 is 5.97 Å². The van der Waals surface area contributed by atoms with Gasteiger partial charge < -0.3 is 9.94 Å². The largest absolute Gasteiger partial charge is 0.476 e. The van der Waals surface area contributed by atoms with Crippen LogP contribution in [0.4, 0.5) is 4.39 Å². The van der Waals surface area contributed by atoms with E-state index in [-0.39, 0.29) is 5.69 Å². The van der Waals surface area contributed by atoms with Crippen molar-refractivity contribution in [1.29, 1.82) is 0 Å². The summed E-state index contributed by atoms with van der Waals surface area (Å²) in [6.45, 7) is 0. The molecule has 0 fully saturated rings. The Morgan fingerprint density at radius 3 is 2.59 bits per heavy atom. The molecule has 0 aliphatic carbocycles. The van der Waals surface area contributed by atoms with E-state index in [4.69, 9.17) is 9.94 Å². The summed E-state index contributed by atoms with van der Waals surface area (Å²) in [5.41, 5.74) is 1.26. The zero-order valence-corrected chi connectivity index (χ0v) is 11.0. The summed E-state index contributed by atoms with van der Waals surface area (Å²) in [6, 6.07) is 9.78. The molecule has 0 spiro atoms. The fourth-order valence-electron chi connectivity index (χ4n) is 1.79. The molecule has 1 aromatic carbocycles. The molecule has 0 aliphatic rings. The molecule has 2 heterocycles. The minimum absolute atomic E-state index is 0.219. The van der Waals surface area contributed by atoms with E-state index in [2.05, 4.69) is 15.3 Å². The van der Waals surface area contributed by atoms with Crippen molar-refractivity contribution in [3.63, 3.8) is 0 Å². The van der Waals surface area contributed by atoms with E-state index < -0.39 is 11.9 Å². The summed E-state index contributed by atoms with van der Waals surface area (Å²) in [4.78, 5) is 20.5. The summed E-state index contributed by atoms with van der Waals surface area (Å²) >= 11 is 0. The van der Waals surface area contributed by atoms with Crippen LogP contribution in [0, 0.1) is 5.95 Å². The highest BCUT2D eigenvalue weighted by atomic mass is 19.1. The van der Waals surface area contributed by atoms with Crippen LogP contribution in [0.1, 0.15) is 10.5 Å². The molecule has 8 heteroatoms. The van der Waals surface area contributed by atoms with Crippen molar-refractivity contribution < 1.29 is 19.1 Å². The third-order valence-corrected chi connectivity index (χ3v) is 2.81. The van der Waals surface area contributed by atoms with Gasteiger partial charge >= 0.3 is 5.97 Å². The Bertz CT molecular complexity index is 817. The van der Waals surface area contributed by atoms with Gasteiger partial charge in [-0.05, 0) is 34.5 Å². The molecule has 3 aromatic rings. The van der Waals surface area contributed by atoms with Crippen LogP contribution in [0.15, 0.2) is 48.8 Å². The van der Waals surface area contributed by atoms with Crippen LogP contribution in [0.25, 0.3) is 11.1 Å². The van der Waals surface area contributed by atoms with E-state index in [1.807, 2.05) is 0 Å². The van der Waals surface area contributed by atoms with Crippen LogP contribution in [-0.2, 0) is 0 Å². The highest BCUT2D eigenvalue weighted by Gasteiger charge is 2.09. The van der Waals surface area contributed by atoms with Crippen molar-refractivity contribution in [3.8, 4) is 16.9 Å². The SMILES string of the molecule is O=C(O)c1cn(Oc2ccc(-c3ccnc(F)c3)cc2)nn1. The van der Waals surface area contributed by atoms with Crippen LogP contribution < -0.4 is 4.84 Å². The molecule has 0 aliphatic heterocycles. The van der Waals surface area contributed by atoms with Crippen LogP contribution in [-0.4, -0.2) is 31.2 Å². The predicted octanol–water partition coefficient (Wildman–Crippen LogP) is 2.02. The lowest BCUT2D eigenvalue weighted by Crippen LogP contribution is -2.05. The first-order chi connectivity index (χ1) is 10.6. The number of carboxylic acid groups (broad SMARTS) is 1. The highest BCUT2D eigenvalue weighted by molar-refractivity contribution is 5.84. The lowest BCUT2D eigenvalue weighted by Gasteiger charge is -2.05. The first-order valence-corrected chi connectivity index (χ1v) is 6.18. The van der Waals surface area contributed by atoms with Gasteiger partial charge in [-0.3, -0.25) is 0 Å². The number of benzene rings is 1. The molecule has 2 aromatic heterocycles. The molecule has 0 saturated heterocycles. The first kappa shape index (κ1) is 13.7. The lowest BCUT2D eigenvalue weighted by atomic mass is 10.1. The van der Waals surface area contributed by atoms with Gasteiger partial charge in [-0.15, -0.1) is 5.10 Å². The number of halogens is 1. The average Bonchev–Trinajstić information content (AvgIpc) is 2.97. The number of aromatic carboxylic acids is 1. The maximum Gasteiger partial charge on any atom is 0.358 e. The van der Waals surface area contributed by atoms with Gasteiger partial charge in [-0.1, -0.05) is 17.0 Å². The molecule has 22 heavy (non-hydrogen) atoms. The molecule has 0 atom stereocenters. The minimum Gasteiger partial charge on any atom is -0.476 e. The van der Waals surface area contributed by atoms with Crippen LogP contribution in [0.2, 0.25) is 0 Å². The van der Waals surface area contributed by atoms with Gasteiger partial charge in [0.1, 0.15) is 6.20 Å². The van der Waals surface area contributed by atoms with E-state index in [0.29, 0.717) is 11.3 Å². The number of nitrogens with zero attached hydrogens (tertiary/aromatic N) is 4. The van der Waals surface area contributed by atoms with Crippen molar-refractivity contribution in [2.45, 2.75) is 0 Å². The summed E-state index contributed by atoms with van der Waals surface area (Å²) in [7, 11) is 0. The molecule has 0 radical (unpaired) electrons. The van der Waals surface area contributed by atoms with Gasteiger partial charge in [-0.25, -0.2) is 9.78 Å². The van der Waals surface area contributed by atoms with Crippen molar-refractivity contribution in [2.75, 3.05) is 0 Å². The molecule has 0 amide bonds. The number of carboxylic acids is 1. The monoisotopic (exact) mass is 300 g/mol. The third-order valence-electron chi connectivity index (χ3n) is 2.81. The van der Waals surface area contributed by atoms with E-state index in [1.54, 1.807) is 30.3 Å². The third kappa shape index (κ3) is 2.90. The second kappa shape index (κ2) is 5.60. The average molecular weight is 300 g/mol. The topological polar surface area (TPSA) is 90.1 Å². The Morgan fingerprint density at radius 1 is 1.18 bits per heavy atom. The Hall–Kier alpha value is -3.29. The second-order valence-corrected chi connectivity index (χ2v) is 4.29. The Labute approximate surface area is 123 Å². The first-order valence-electron chi connectivity index (χ1n) is 6.18. The van der Waals surface area contributed by atoms with Gasteiger partial charge in [0.2, 0.25) is 5.95 Å². The minimum atomic E-state index is -1.19. The lowest BCUT2D eigenvalue weighted by molar-refractivity contribution is 0.0690. The van der Waals surface area contributed by atoms with Crippen LogP contribution in [0.5, 0.6) is 5.75 Å². The number of rotatable bonds is 4. The number of pyridine rings is 1. The van der Waals surface area contributed by atoms with Crippen LogP contribution in [0.3, 0.4) is 0 Å². The molecule has 7 nitrogen and oxygen atoms in total. The van der Waals surface area contributed by atoms with Crippen molar-refractivity contribution in [1.82, 2.24) is 20.1 Å². The van der Waals surface area contributed by atoms with Gasteiger partial charge in [0.15, 0.2) is 11.4 Å². The number of aromatic nitrogens is 4. The fourth-order valence-corrected chi connectivity index (χ4v) is 1.79. The standard InChI is InChI=1S/C14H9FN4O3/c15-13-7-10(5-6-16-13)9-1-3-11(4-2-9)22-19-8-12(14(20)21)17-18-19/h1-8H,(H,20,21). The zero-order chi connectivity index (χ0) is 15.5. The number of hydrogen-bond acceptors (Lipinski definition) is 5. The smallest absolute Gasteiger partial charge is 0.358 e. The normalized spacial score (nSPS) is 10.4. The summed E-state index contributed by atoms with van der Waals surface area (Å²) < 4.78 is 13.1. The Kier molecular flexibility index (Phi) is 3.48. The molecule has 0 unspecified atom stereocenters. The van der Waals surface area contributed by atoms with Gasteiger partial charge in [0.25, 0.3) is 0 Å². The summed E-state index contributed by atoms with van der Waals surface area (Å²) in [5.74, 6) is -1.31. The van der Waals surface area contributed by atoms with Gasteiger partial charge in [-0.2, -0.15) is 4.39 Å². The van der Waals surface area contributed by atoms with Crippen LogP contribution >= 0.6 is 0 Å². The highest BCUT2D eigenvalue weighted by Crippen LogP contribution is 2.22. The quantitative estimate of drug-likeness (QED) is 0.741. The molecule has 3 rings (SSSR count). The molecular formula is C14H9FN4O3. The molecule has 0 bridgehead atoms. The van der Waals surface area contributed by atoms with Crippen molar-refractivity contribution in [3.05, 3.63) is 60.4 Å². The maximum absolute atomic E-state index is 13.1. The Morgan fingerprint density at radius 2 is 1.95 bits per heavy atom. The van der Waals surface area contributed by atoms with Gasteiger partial charge in [0.05, 0.1) is 0 Å².